The minimum Gasteiger partial charge on any atom is -0.394 e. The fourth-order valence-electron chi connectivity index (χ4n) is 8.44. The highest BCUT2D eigenvalue weighted by molar-refractivity contribution is 5.76. The average Bonchev–Trinajstić information content (AvgIpc) is 3.30. The van der Waals surface area contributed by atoms with Crippen molar-refractivity contribution in [2.75, 3.05) is 6.61 Å². The molecule has 4 heteroatoms. The van der Waals surface area contributed by atoms with Gasteiger partial charge in [0.05, 0.1) is 18.8 Å². The van der Waals surface area contributed by atoms with Gasteiger partial charge < -0.3 is 15.5 Å². The molecule has 0 aromatic rings. The zero-order chi connectivity index (χ0) is 46.3. The molecule has 372 valence electrons. The number of carbonyl (C=O) groups excluding carboxylic acids is 1. The van der Waals surface area contributed by atoms with E-state index in [4.69, 9.17) is 0 Å². The molecule has 0 aromatic heterocycles. The van der Waals surface area contributed by atoms with E-state index in [-0.39, 0.29) is 12.5 Å². The Kier molecular flexibility index (Phi) is 53.3. The number of allylic oxidation sites excluding steroid dienone is 11. The minimum absolute atomic E-state index is 0.0623. The lowest BCUT2D eigenvalue weighted by molar-refractivity contribution is -0.123. The Morgan fingerprint density at radius 2 is 0.688 bits per heavy atom. The van der Waals surface area contributed by atoms with Crippen molar-refractivity contribution < 1.29 is 15.0 Å². The molecule has 64 heavy (non-hydrogen) atoms. The quantitative estimate of drug-likeness (QED) is 0.0421. The first-order chi connectivity index (χ1) is 31.7. The Labute approximate surface area is 399 Å². The van der Waals surface area contributed by atoms with Crippen LogP contribution >= 0.6 is 0 Å². The summed E-state index contributed by atoms with van der Waals surface area (Å²) in [5, 5.41) is 23.0. The van der Waals surface area contributed by atoms with Crippen LogP contribution in [0.4, 0.5) is 0 Å². The van der Waals surface area contributed by atoms with Gasteiger partial charge in [0.25, 0.3) is 0 Å². The molecule has 0 aliphatic heterocycles. The van der Waals surface area contributed by atoms with Gasteiger partial charge in [0.2, 0.25) is 5.91 Å². The molecule has 1 amide bonds. The van der Waals surface area contributed by atoms with E-state index < -0.39 is 12.1 Å². The normalized spacial score (nSPS) is 13.4. The number of rotatable bonds is 51. The lowest BCUT2D eigenvalue weighted by Crippen LogP contribution is -2.45. The fraction of sp³-hybridized carbons (Fsp3) is 0.783. The van der Waals surface area contributed by atoms with Crippen LogP contribution in [0.3, 0.4) is 0 Å². The van der Waals surface area contributed by atoms with Crippen LogP contribution in [0.25, 0.3) is 0 Å². The maximum atomic E-state index is 12.4. The van der Waals surface area contributed by atoms with Crippen molar-refractivity contribution in [1.82, 2.24) is 5.32 Å². The van der Waals surface area contributed by atoms with Gasteiger partial charge in [-0.1, -0.05) is 286 Å². The number of carbonyl (C=O) groups is 1. The zero-order valence-corrected chi connectivity index (χ0v) is 42.8. The fourth-order valence-corrected chi connectivity index (χ4v) is 8.44. The first kappa shape index (κ1) is 61.8. The monoisotopic (exact) mass is 892 g/mol. The molecule has 0 aliphatic rings. The Bertz CT molecular complexity index is 1100. The van der Waals surface area contributed by atoms with Crippen molar-refractivity contribution >= 4 is 5.91 Å². The highest BCUT2D eigenvalue weighted by atomic mass is 16.3. The highest BCUT2D eigenvalue weighted by Crippen LogP contribution is 2.17. The first-order valence-corrected chi connectivity index (χ1v) is 28.2. The number of nitrogens with one attached hydrogen (secondary N) is 1. The number of hydrogen-bond acceptors (Lipinski definition) is 3. The predicted molar refractivity (Wildman–Crippen MR) is 285 cm³/mol. The molecule has 2 atom stereocenters. The maximum Gasteiger partial charge on any atom is 0.220 e. The Morgan fingerprint density at radius 1 is 0.391 bits per heavy atom. The summed E-state index contributed by atoms with van der Waals surface area (Å²) < 4.78 is 0. The second-order valence-corrected chi connectivity index (χ2v) is 19.0. The van der Waals surface area contributed by atoms with Crippen LogP contribution in [0.2, 0.25) is 0 Å². The standard InChI is InChI=1S/C60H109NO3/c1-3-5-7-9-11-13-15-16-17-18-19-20-21-22-23-24-25-26-27-28-29-30-31-32-33-34-35-36-37-38-39-40-41-42-43-44-46-48-50-52-54-56-60(64)61-58(57-62)59(63)55-53-51-49-47-45-14-12-10-8-6-4-2/h5,7,11,13,16-17,19-20,22-23,53,55,58-59,62-63H,3-4,6,8-10,12,14-15,18,21,24-52,54,56-57H2,1-2H3,(H,61,64)/b7-5-,13-11-,17-16-,20-19-,23-22-,55-53+. The van der Waals surface area contributed by atoms with Gasteiger partial charge in [-0.2, -0.15) is 0 Å². The predicted octanol–water partition coefficient (Wildman–Crippen LogP) is 18.6. The molecule has 0 bridgehead atoms. The van der Waals surface area contributed by atoms with Crippen LogP contribution < -0.4 is 5.32 Å². The van der Waals surface area contributed by atoms with E-state index in [0.29, 0.717) is 6.42 Å². The number of hydrogen-bond donors (Lipinski definition) is 3. The summed E-state index contributed by atoms with van der Waals surface area (Å²) in [6.07, 6.45) is 79.4. The smallest absolute Gasteiger partial charge is 0.220 e. The number of aliphatic hydroxyl groups excluding tert-OH is 2. The van der Waals surface area contributed by atoms with E-state index >= 15 is 0 Å². The summed E-state index contributed by atoms with van der Waals surface area (Å²) in [6, 6.07) is -0.620. The maximum absolute atomic E-state index is 12.4. The lowest BCUT2D eigenvalue weighted by atomic mass is 10.0. The Morgan fingerprint density at radius 3 is 1.03 bits per heavy atom. The summed E-state index contributed by atoms with van der Waals surface area (Å²) in [6.45, 7) is 4.19. The van der Waals surface area contributed by atoms with E-state index in [9.17, 15) is 15.0 Å². The third-order valence-electron chi connectivity index (χ3n) is 12.7. The molecule has 0 saturated carbocycles. The SMILES string of the molecule is CC/C=C\C/C=C\C/C=C\C/C=C\C/C=C\CCCCCCCCCCCCCCCCCCCCCCCCCCCC(=O)NC(CO)C(O)/C=C/CCCCCCCCCCC. The van der Waals surface area contributed by atoms with Crippen LogP contribution in [-0.2, 0) is 4.79 Å². The van der Waals surface area contributed by atoms with Gasteiger partial charge in [-0.15, -0.1) is 0 Å². The lowest BCUT2D eigenvalue weighted by Gasteiger charge is -2.20. The summed E-state index contributed by atoms with van der Waals surface area (Å²) in [4.78, 5) is 12.4. The summed E-state index contributed by atoms with van der Waals surface area (Å²) in [5.41, 5.74) is 0. The Balaban J connectivity index is 3.39. The summed E-state index contributed by atoms with van der Waals surface area (Å²) in [7, 11) is 0. The van der Waals surface area contributed by atoms with Gasteiger partial charge in [-0.3, -0.25) is 4.79 Å². The molecule has 0 spiro atoms. The van der Waals surface area contributed by atoms with Gasteiger partial charge in [0.15, 0.2) is 0 Å². The van der Waals surface area contributed by atoms with Crippen molar-refractivity contribution in [3.05, 3.63) is 72.9 Å². The summed E-state index contributed by atoms with van der Waals surface area (Å²) >= 11 is 0. The molecular weight excluding hydrogens is 783 g/mol. The van der Waals surface area contributed by atoms with Crippen molar-refractivity contribution in [2.24, 2.45) is 0 Å². The largest absolute Gasteiger partial charge is 0.394 e. The van der Waals surface area contributed by atoms with Crippen molar-refractivity contribution in [3.8, 4) is 0 Å². The topological polar surface area (TPSA) is 69.6 Å². The summed E-state index contributed by atoms with van der Waals surface area (Å²) in [5.74, 6) is -0.0623. The van der Waals surface area contributed by atoms with E-state index in [1.807, 2.05) is 6.08 Å². The number of amides is 1. The minimum atomic E-state index is -0.837. The number of unbranched alkanes of at least 4 members (excludes halogenated alkanes) is 34. The molecule has 0 aromatic carbocycles. The van der Waals surface area contributed by atoms with Gasteiger partial charge >= 0.3 is 0 Å². The van der Waals surface area contributed by atoms with Gasteiger partial charge in [-0.05, 0) is 64.2 Å². The van der Waals surface area contributed by atoms with E-state index in [2.05, 4.69) is 79.9 Å². The third-order valence-corrected chi connectivity index (χ3v) is 12.7. The van der Waals surface area contributed by atoms with Gasteiger partial charge in [0, 0.05) is 6.42 Å². The first-order valence-electron chi connectivity index (χ1n) is 28.2. The van der Waals surface area contributed by atoms with E-state index in [1.165, 1.54) is 205 Å². The molecule has 0 saturated heterocycles. The van der Waals surface area contributed by atoms with Crippen molar-refractivity contribution in [2.45, 2.75) is 296 Å². The van der Waals surface area contributed by atoms with Crippen LogP contribution in [-0.4, -0.2) is 34.9 Å². The number of aliphatic hydroxyl groups is 2. The van der Waals surface area contributed by atoms with E-state index in [1.54, 1.807) is 6.08 Å². The molecular formula is C60H109NO3. The van der Waals surface area contributed by atoms with Gasteiger partial charge in [0.1, 0.15) is 0 Å². The van der Waals surface area contributed by atoms with Crippen molar-refractivity contribution in [1.29, 1.82) is 0 Å². The zero-order valence-electron chi connectivity index (χ0n) is 42.8. The van der Waals surface area contributed by atoms with Crippen molar-refractivity contribution in [3.63, 3.8) is 0 Å². The van der Waals surface area contributed by atoms with Gasteiger partial charge in [-0.25, -0.2) is 0 Å². The second kappa shape index (κ2) is 55.2. The molecule has 0 aliphatic carbocycles. The van der Waals surface area contributed by atoms with Crippen LogP contribution in [0, 0.1) is 0 Å². The third kappa shape index (κ3) is 50.8. The average molecular weight is 893 g/mol. The molecule has 0 heterocycles. The molecule has 4 nitrogen and oxygen atoms in total. The van der Waals surface area contributed by atoms with Crippen LogP contribution in [0.5, 0.6) is 0 Å². The second-order valence-electron chi connectivity index (χ2n) is 19.0. The molecule has 0 radical (unpaired) electrons. The Hall–Kier alpha value is -2.17. The van der Waals surface area contributed by atoms with E-state index in [0.717, 1.165) is 57.8 Å². The molecule has 2 unspecified atom stereocenters. The highest BCUT2D eigenvalue weighted by Gasteiger charge is 2.18. The molecule has 0 fully saturated rings. The molecule has 0 rings (SSSR count). The molecule has 3 N–H and O–H groups in total. The van der Waals surface area contributed by atoms with Crippen LogP contribution in [0.1, 0.15) is 284 Å². The van der Waals surface area contributed by atoms with Crippen LogP contribution in [0.15, 0.2) is 72.9 Å².